The van der Waals surface area contributed by atoms with Gasteiger partial charge in [0.1, 0.15) is 17.3 Å². The molecule has 30 nitrogen and oxygen atoms in total. The molecule has 0 spiro atoms. The van der Waals surface area contributed by atoms with Gasteiger partial charge in [-0.05, 0) is 306 Å². The number of H-pyrrole nitrogens is 6. The van der Waals surface area contributed by atoms with E-state index in [1.54, 1.807) is 48.9 Å². The van der Waals surface area contributed by atoms with Crippen molar-refractivity contribution >= 4 is 156 Å². The van der Waals surface area contributed by atoms with Gasteiger partial charge in [-0.2, -0.15) is 35.0 Å². The molecule has 5 aliphatic carbocycles. The first-order valence-electron chi connectivity index (χ1n) is 46.1. The van der Waals surface area contributed by atoms with Crippen LogP contribution >= 0.6 is 0 Å². The number of hydrogen-bond donors (Lipinski definition) is 11. The van der Waals surface area contributed by atoms with Gasteiger partial charge in [0.05, 0.1) is 138 Å². The number of rotatable bonds is 11. The Kier molecular flexibility index (Phi) is 22.7. The second kappa shape index (κ2) is 36.3. The lowest BCUT2D eigenvalue weighted by molar-refractivity contribution is -0.387. The lowest BCUT2D eigenvalue weighted by Gasteiger charge is -2.35. The number of aromatic amines is 6. The molecule has 0 radical (unpaired) electrons. The van der Waals surface area contributed by atoms with Gasteiger partial charge in [0.25, 0.3) is 5.91 Å². The molecule has 33 heteroatoms. The van der Waals surface area contributed by atoms with Gasteiger partial charge < -0.3 is 21.7 Å². The van der Waals surface area contributed by atoms with Crippen LogP contribution in [-0.2, 0) is 56.2 Å². The van der Waals surface area contributed by atoms with Crippen LogP contribution in [0.2, 0.25) is 0 Å². The Labute approximate surface area is 778 Å². The highest BCUT2D eigenvalue weighted by molar-refractivity contribution is 6.13. The zero-order valence-electron chi connectivity index (χ0n) is 74.4. The molecule has 0 bridgehead atoms. The molecule has 0 saturated heterocycles. The largest absolute Gasteiger partial charge is 0.396 e. The van der Waals surface area contributed by atoms with E-state index in [9.17, 15) is 32.9 Å². The van der Waals surface area contributed by atoms with Gasteiger partial charge >= 0.3 is 5.69 Å². The Balaban J connectivity index is 0.0000000992. The number of fused-ring (bicyclic) bond motifs is 24. The molecule has 0 fully saturated rings. The van der Waals surface area contributed by atoms with Crippen molar-refractivity contribution in [2.24, 2.45) is 0 Å². The monoisotopic (exact) mass is 1820 g/mol. The predicted octanol–water partition coefficient (Wildman–Crippen LogP) is 21.7. The number of nitrogens with two attached hydrogens (primary N) is 1. The number of amides is 2. The van der Waals surface area contributed by atoms with Gasteiger partial charge in [0.15, 0.2) is 0 Å². The van der Waals surface area contributed by atoms with E-state index in [-0.39, 0.29) is 23.3 Å². The molecular formula is C104H89F3N26O4. The highest BCUT2D eigenvalue weighted by atomic mass is 19.1. The minimum atomic E-state index is -0.839. The predicted molar refractivity (Wildman–Crippen MR) is 525 cm³/mol. The average Bonchev–Trinajstić information content (AvgIpc) is 1.73. The van der Waals surface area contributed by atoms with E-state index in [1.165, 1.54) is 98.0 Å². The third-order valence-corrected chi connectivity index (χ3v) is 27.1. The lowest BCUT2D eigenvalue weighted by Crippen LogP contribution is -2.22. The molecule has 1 aliphatic heterocycles. The summed E-state index contributed by atoms with van der Waals surface area (Å²) in [6.07, 6.45) is 40.0. The number of anilines is 6. The van der Waals surface area contributed by atoms with Gasteiger partial charge in [-0.3, -0.25) is 55.6 Å². The smallest absolute Gasteiger partial charge is 0.304 e. The number of aryl methyl sites for hydroxylation is 5. The van der Waals surface area contributed by atoms with Crippen molar-refractivity contribution < 1.29 is 27.7 Å². The topological polar surface area (TPSA) is 427 Å². The molecule has 2 amide bonds. The van der Waals surface area contributed by atoms with Crippen molar-refractivity contribution in [3.63, 3.8) is 0 Å². The van der Waals surface area contributed by atoms with Crippen molar-refractivity contribution in [1.82, 2.24) is 101 Å². The molecule has 1 unspecified atom stereocenters. The molecule has 1 atom stereocenters. The summed E-state index contributed by atoms with van der Waals surface area (Å²) in [5, 5.41) is 76.2. The number of allylic oxidation sites excluding steroid dienone is 1. The molecule has 13 heterocycles. The van der Waals surface area contributed by atoms with Crippen LogP contribution in [0.5, 0.6) is 0 Å². The van der Waals surface area contributed by atoms with Gasteiger partial charge in [-0.1, -0.05) is 18.7 Å². The lowest BCUT2D eigenvalue weighted by atomic mass is 9.78. The van der Waals surface area contributed by atoms with Crippen LogP contribution in [0.25, 0.3) is 137 Å². The summed E-state index contributed by atoms with van der Waals surface area (Å²) < 4.78 is 42.5. The molecule has 680 valence electrons. The van der Waals surface area contributed by atoms with Gasteiger partial charge in [-0.15, -0.1) is 0 Å². The molecule has 137 heavy (non-hydrogen) atoms. The third-order valence-electron chi connectivity index (χ3n) is 27.1. The molecule has 8 aromatic carbocycles. The van der Waals surface area contributed by atoms with Gasteiger partial charge in [0, 0.05) is 107 Å². The minimum absolute atomic E-state index is 0.0536. The number of halogens is 3. The Hall–Kier alpha value is -16.9. The zero-order chi connectivity index (χ0) is 93.1. The highest BCUT2D eigenvalue weighted by Crippen LogP contribution is 2.51. The summed E-state index contributed by atoms with van der Waals surface area (Å²) in [7, 11) is 0. The maximum absolute atomic E-state index is 14.3. The zero-order valence-corrected chi connectivity index (χ0v) is 74.4. The van der Waals surface area contributed by atoms with Crippen molar-refractivity contribution in [3.05, 3.63) is 296 Å². The maximum Gasteiger partial charge on any atom is 0.304 e. The van der Waals surface area contributed by atoms with Crippen LogP contribution in [0.4, 0.5) is 53.5 Å². The van der Waals surface area contributed by atoms with E-state index in [1.807, 2.05) is 105 Å². The van der Waals surface area contributed by atoms with Crippen LogP contribution < -0.4 is 27.0 Å². The number of nitro benzene ring substituents is 1. The number of aromatic nitrogens is 20. The third kappa shape index (κ3) is 16.1. The van der Waals surface area contributed by atoms with Crippen molar-refractivity contribution in [2.75, 3.05) is 27.0 Å². The van der Waals surface area contributed by atoms with Crippen molar-refractivity contribution in [2.45, 2.75) is 141 Å². The number of carbonyl (C=O) groups excluding carboxylic acids is 2. The van der Waals surface area contributed by atoms with E-state index in [0.717, 1.165) is 260 Å². The Morgan fingerprint density at radius 1 is 0.445 bits per heavy atom. The fraction of sp³-hybridized carbons (Fsp3) is 0.212. The number of nitrogens with zero attached hydrogens (tertiary/aromatic N) is 15. The Morgan fingerprint density at radius 3 is 1.39 bits per heavy atom. The van der Waals surface area contributed by atoms with E-state index in [0.29, 0.717) is 34.5 Å². The first kappa shape index (κ1) is 85.6. The fourth-order valence-corrected chi connectivity index (χ4v) is 20.7. The molecular weight excluding hydrogens is 1730 g/mol. The molecule has 6 aliphatic rings. The summed E-state index contributed by atoms with van der Waals surface area (Å²) in [5.74, 6) is -1.37. The maximum atomic E-state index is 14.3. The quantitative estimate of drug-likeness (QED) is 0.0248. The summed E-state index contributed by atoms with van der Waals surface area (Å²) in [6, 6.07) is 35.6. The molecule has 20 aromatic rings. The number of nitrogens with one attached hydrogen (secondary N) is 10. The van der Waals surface area contributed by atoms with E-state index < -0.39 is 34.0 Å². The van der Waals surface area contributed by atoms with Crippen LogP contribution in [0.15, 0.2) is 202 Å². The van der Waals surface area contributed by atoms with Gasteiger partial charge in [-0.25, -0.2) is 48.7 Å². The molecule has 12 aromatic heterocycles. The summed E-state index contributed by atoms with van der Waals surface area (Å²) >= 11 is 0. The second-order valence-electron chi connectivity index (χ2n) is 35.2. The second-order valence-corrected chi connectivity index (χ2v) is 35.2. The number of pyridine rings is 4. The van der Waals surface area contributed by atoms with Crippen LogP contribution in [0, 0.1) is 34.5 Å². The highest BCUT2D eigenvalue weighted by Gasteiger charge is 2.34. The van der Waals surface area contributed by atoms with Crippen molar-refractivity contribution in [3.8, 4) is 33.8 Å². The number of carbonyl (C=O) groups is 2. The first-order valence-corrected chi connectivity index (χ1v) is 46.1. The SMILES string of the molecule is C=CC(=O)Nc1cc(C2Nc3ccc4[nH]ncc4c3C3=C2CCCC3)ccc1F.Cc1[nH]ncc1NC(=O)c1nc2ccc3[nH]ncc3c2c2c1CCCC2.Nc1ccc(-c2nc3ccc4[nH]ncc4c3c3c2CCCC3)cc1F.O=[N+]([O-])c1ccc(-c2nc3ccc4[nH]ncc4c3c3c2CCCC3)cc1F.c1cnc(Nc2ncc(-c3nc4ccc5[nH]ncc5c4c4c3CCCC4)cn2)nc1. The van der Waals surface area contributed by atoms with E-state index >= 15 is 0 Å². The fourth-order valence-electron chi connectivity index (χ4n) is 20.7. The summed E-state index contributed by atoms with van der Waals surface area (Å²) in [6.45, 7) is 5.31. The number of benzene rings is 8. The summed E-state index contributed by atoms with van der Waals surface area (Å²) in [4.78, 5) is 71.6. The molecule has 0 saturated carbocycles. The van der Waals surface area contributed by atoms with Gasteiger partial charge in [0.2, 0.25) is 23.6 Å². The molecule has 12 N–H and O–H groups in total. The standard InChI is InChI=1S/C23H21FN4O.C22H18N8.C20H15FN4O2.C20H17FN4.C19H18N6O/c1-2-21(29)26-20-11-13(7-8-17(20)24)23-15-6-4-3-5-14(15)22-16-12-25-28-18(16)9-10-19(22)27-23;1-2-5-15-14(4-1)19-16-12-27-30-17(16)6-7-18(19)28-20(15)13-10-25-22(26-11-13)29-21-23-8-3-9-24-21;21-15-9-11(5-8-18(15)25(26)27)20-13-4-2-1-3-12(13)19-14-10-22-24-16(14)6-7-17(19)23-20;21-15-9-11(5-6-16(15)22)20-13-4-2-1-3-12(13)19-14-10-23-25-17(14)7-8-18(19)24-20;1-10-16(9-21-24-10)23-19(26)18-12-5-3-2-4-11(12)17-13-8-20-25-14(13)6-7-15(17)22-18/h2,7-12,23,27H,1,3-6H2,(H,25,28)(H,26,29);3,6-12H,1-2,4-5H2,(H,27,30)(H,23,24,25,26,29);5-10H,1-4H2,(H,22,24);5-10H,1-4,22H2,(H,23,25);6-9H,2-5H2,1H3,(H,20,25)(H,21,24)(H,23,26). The van der Waals surface area contributed by atoms with Crippen LogP contribution in [0.1, 0.15) is 155 Å². The minimum Gasteiger partial charge on any atom is -0.396 e. The number of nitro groups is 1. The Bertz CT molecular complexity index is 8280. The van der Waals surface area contributed by atoms with E-state index in [2.05, 4.69) is 121 Å². The van der Waals surface area contributed by atoms with Crippen LogP contribution in [-0.4, -0.2) is 118 Å². The van der Waals surface area contributed by atoms with Crippen LogP contribution in [0.3, 0.4) is 0 Å². The average molecular weight is 1820 g/mol. The number of nitrogen functional groups attached to an aromatic ring is 1. The normalized spacial score (nSPS) is 14.7. The van der Waals surface area contributed by atoms with Crippen molar-refractivity contribution in [1.29, 1.82) is 0 Å². The van der Waals surface area contributed by atoms with E-state index in [4.69, 9.17) is 25.7 Å². The summed E-state index contributed by atoms with van der Waals surface area (Å²) in [5.41, 5.74) is 36.8. The molecule has 26 rings (SSSR count). The Morgan fingerprint density at radius 2 is 0.891 bits per heavy atom. The number of hydrogen-bond acceptors (Lipinski definition) is 21. The first-order chi connectivity index (χ1) is 67.1.